The molecule has 0 aliphatic heterocycles. The first-order valence-corrected chi connectivity index (χ1v) is 4.14. The Morgan fingerprint density at radius 1 is 1.42 bits per heavy atom. The van der Waals surface area contributed by atoms with Crippen LogP contribution in [0.3, 0.4) is 0 Å². The van der Waals surface area contributed by atoms with Crippen molar-refractivity contribution in [2.24, 2.45) is 0 Å². The van der Waals surface area contributed by atoms with E-state index in [1.54, 1.807) is 6.08 Å². The molecule has 12 heavy (non-hydrogen) atoms. The quantitative estimate of drug-likeness (QED) is 0.307. The van der Waals surface area contributed by atoms with Crippen LogP contribution in [-0.4, -0.2) is 35.8 Å². The van der Waals surface area contributed by atoms with Crippen LogP contribution in [0.4, 0.5) is 0 Å². The Balaban J connectivity index is 3.45. The summed E-state index contributed by atoms with van der Waals surface area (Å²) < 4.78 is 0. The van der Waals surface area contributed by atoms with Crippen LogP contribution in [0.25, 0.3) is 0 Å². The molecule has 4 heteroatoms. The van der Waals surface area contributed by atoms with Crippen molar-refractivity contribution in [3.8, 4) is 0 Å². The molecule has 0 aromatic heterocycles. The molecule has 1 atom stereocenters. The summed E-state index contributed by atoms with van der Waals surface area (Å²) in [5.41, 5.74) is 0. The summed E-state index contributed by atoms with van der Waals surface area (Å²) in [5.74, 6) is 0. The molecule has 0 amide bonds. The Morgan fingerprint density at radius 2 is 2.08 bits per heavy atom. The highest BCUT2D eigenvalue weighted by molar-refractivity contribution is 4.73. The summed E-state index contributed by atoms with van der Waals surface area (Å²) in [6.07, 6.45) is 1.48. The number of aliphatic hydroxyl groups excluding tert-OH is 1. The number of aliphatic hydroxyl groups is 2. The van der Waals surface area contributed by atoms with Crippen molar-refractivity contribution in [3.63, 3.8) is 0 Å². The molecule has 0 spiro atoms. The van der Waals surface area contributed by atoms with E-state index in [-0.39, 0.29) is 12.7 Å². The van der Waals surface area contributed by atoms with E-state index in [1.165, 1.54) is 0 Å². The first-order chi connectivity index (χ1) is 5.70. The average Bonchev–Trinajstić information content (AvgIpc) is 2.05. The minimum absolute atomic E-state index is 0.116. The molecule has 0 aliphatic carbocycles. The van der Waals surface area contributed by atoms with E-state index in [1.807, 2.05) is 6.92 Å². The van der Waals surface area contributed by atoms with E-state index >= 15 is 0 Å². The fraction of sp³-hybridized carbons (Fsp3) is 0.750. The van der Waals surface area contributed by atoms with Crippen molar-refractivity contribution in [1.82, 2.24) is 10.6 Å². The fourth-order valence-electron chi connectivity index (χ4n) is 0.834. The van der Waals surface area contributed by atoms with Gasteiger partial charge in [0, 0.05) is 13.1 Å². The van der Waals surface area contributed by atoms with Gasteiger partial charge in [-0.15, -0.1) is 6.58 Å². The third-order valence-corrected chi connectivity index (χ3v) is 1.46. The minimum atomic E-state index is -1.29. The van der Waals surface area contributed by atoms with Crippen LogP contribution in [0.15, 0.2) is 12.7 Å². The SMILES string of the molecule is C=CCNC(CC)NCC(O)O. The van der Waals surface area contributed by atoms with Crippen LogP contribution >= 0.6 is 0 Å². The molecular weight excluding hydrogens is 156 g/mol. The molecule has 0 saturated carbocycles. The molecule has 0 rings (SSSR count). The molecule has 0 radical (unpaired) electrons. The topological polar surface area (TPSA) is 64.5 Å². The summed E-state index contributed by atoms with van der Waals surface area (Å²) in [6.45, 7) is 6.48. The Bertz CT molecular complexity index is 118. The van der Waals surface area contributed by atoms with Gasteiger partial charge in [0.05, 0.1) is 6.17 Å². The first kappa shape index (κ1) is 11.6. The van der Waals surface area contributed by atoms with Crippen molar-refractivity contribution in [1.29, 1.82) is 0 Å². The van der Waals surface area contributed by atoms with Gasteiger partial charge in [-0.25, -0.2) is 0 Å². The lowest BCUT2D eigenvalue weighted by Crippen LogP contribution is -2.44. The zero-order valence-electron chi connectivity index (χ0n) is 7.45. The second-order valence-corrected chi connectivity index (χ2v) is 2.55. The average molecular weight is 174 g/mol. The Morgan fingerprint density at radius 3 is 2.50 bits per heavy atom. The van der Waals surface area contributed by atoms with E-state index in [0.717, 1.165) is 6.42 Å². The van der Waals surface area contributed by atoms with E-state index in [9.17, 15) is 0 Å². The van der Waals surface area contributed by atoms with Gasteiger partial charge in [-0.2, -0.15) is 0 Å². The predicted molar refractivity (Wildman–Crippen MR) is 48.5 cm³/mol. The van der Waals surface area contributed by atoms with Crippen molar-refractivity contribution in [2.45, 2.75) is 25.8 Å². The zero-order valence-corrected chi connectivity index (χ0v) is 7.45. The minimum Gasteiger partial charge on any atom is -0.367 e. The van der Waals surface area contributed by atoms with Gasteiger partial charge in [-0.05, 0) is 6.42 Å². The summed E-state index contributed by atoms with van der Waals surface area (Å²) in [4.78, 5) is 0. The molecule has 72 valence electrons. The van der Waals surface area contributed by atoms with Gasteiger partial charge in [-0.1, -0.05) is 13.0 Å². The van der Waals surface area contributed by atoms with Gasteiger partial charge in [0.1, 0.15) is 0 Å². The second-order valence-electron chi connectivity index (χ2n) is 2.55. The number of rotatable bonds is 7. The van der Waals surface area contributed by atoms with Crippen molar-refractivity contribution in [3.05, 3.63) is 12.7 Å². The van der Waals surface area contributed by atoms with Gasteiger partial charge in [-0.3, -0.25) is 10.6 Å². The Labute approximate surface area is 73.3 Å². The van der Waals surface area contributed by atoms with E-state index < -0.39 is 6.29 Å². The summed E-state index contributed by atoms with van der Waals surface area (Å²) in [5, 5.41) is 23.2. The molecular formula is C8H18N2O2. The predicted octanol–water partition coefficient (Wildman–Crippen LogP) is -0.602. The van der Waals surface area contributed by atoms with Crippen molar-refractivity contribution in [2.75, 3.05) is 13.1 Å². The van der Waals surface area contributed by atoms with Crippen LogP contribution in [0.1, 0.15) is 13.3 Å². The molecule has 0 heterocycles. The third kappa shape index (κ3) is 6.30. The monoisotopic (exact) mass is 174 g/mol. The van der Waals surface area contributed by atoms with Gasteiger partial charge < -0.3 is 10.2 Å². The van der Waals surface area contributed by atoms with Crippen molar-refractivity contribution < 1.29 is 10.2 Å². The second kappa shape index (κ2) is 7.24. The van der Waals surface area contributed by atoms with Gasteiger partial charge in [0.15, 0.2) is 6.29 Å². The van der Waals surface area contributed by atoms with Crippen LogP contribution in [0, 0.1) is 0 Å². The maximum Gasteiger partial charge on any atom is 0.164 e. The molecule has 0 fully saturated rings. The van der Waals surface area contributed by atoms with E-state index in [0.29, 0.717) is 6.54 Å². The summed E-state index contributed by atoms with van der Waals surface area (Å²) in [6, 6.07) is 0. The first-order valence-electron chi connectivity index (χ1n) is 4.14. The van der Waals surface area contributed by atoms with E-state index in [4.69, 9.17) is 10.2 Å². The van der Waals surface area contributed by atoms with Crippen LogP contribution in [0.5, 0.6) is 0 Å². The molecule has 0 saturated heterocycles. The molecule has 0 aromatic rings. The lowest BCUT2D eigenvalue weighted by atomic mass is 10.3. The standard InChI is InChI=1S/C8H18N2O2/c1-3-5-9-7(4-2)10-6-8(11)12/h3,7-12H,1,4-6H2,2H3. The highest BCUT2D eigenvalue weighted by Gasteiger charge is 2.04. The molecule has 1 unspecified atom stereocenters. The summed E-state index contributed by atoms with van der Waals surface area (Å²) in [7, 11) is 0. The number of hydrogen-bond donors (Lipinski definition) is 4. The molecule has 4 N–H and O–H groups in total. The zero-order chi connectivity index (χ0) is 9.40. The normalized spacial score (nSPS) is 13.3. The van der Waals surface area contributed by atoms with Gasteiger partial charge in [0.25, 0.3) is 0 Å². The lowest BCUT2D eigenvalue weighted by molar-refractivity contribution is -0.0395. The summed E-state index contributed by atoms with van der Waals surface area (Å²) >= 11 is 0. The molecule has 0 aromatic carbocycles. The maximum absolute atomic E-state index is 8.57. The Hall–Kier alpha value is -0.420. The van der Waals surface area contributed by atoms with Gasteiger partial charge >= 0.3 is 0 Å². The van der Waals surface area contributed by atoms with Crippen LogP contribution in [-0.2, 0) is 0 Å². The highest BCUT2D eigenvalue weighted by Crippen LogP contribution is 1.85. The maximum atomic E-state index is 8.57. The number of nitrogens with one attached hydrogen (secondary N) is 2. The third-order valence-electron chi connectivity index (χ3n) is 1.46. The van der Waals surface area contributed by atoms with Crippen LogP contribution < -0.4 is 10.6 Å². The smallest absolute Gasteiger partial charge is 0.164 e. The van der Waals surface area contributed by atoms with E-state index in [2.05, 4.69) is 17.2 Å². The largest absolute Gasteiger partial charge is 0.367 e. The highest BCUT2D eigenvalue weighted by atomic mass is 16.5. The molecule has 4 nitrogen and oxygen atoms in total. The number of hydrogen-bond acceptors (Lipinski definition) is 4. The molecule has 0 bridgehead atoms. The van der Waals surface area contributed by atoms with Crippen molar-refractivity contribution >= 4 is 0 Å². The molecule has 0 aliphatic rings. The Kier molecular flexibility index (Phi) is 6.99. The fourth-order valence-corrected chi connectivity index (χ4v) is 0.834. The van der Waals surface area contributed by atoms with Gasteiger partial charge in [0.2, 0.25) is 0 Å². The van der Waals surface area contributed by atoms with Crippen LogP contribution in [0.2, 0.25) is 0 Å². The lowest BCUT2D eigenvalue weighted by Gasteiger charge is -2.18.